The van der Waals surface area contributed by atoms with Gasteiger partial charge in [0.1, 0.15) is 5.82 Å². The maximum Gasteiger partial charge on any atom is 0.120 e. The van der Waals surface area contributed by atoms with Gasteiger partial charge in [0.05, 0.1) is 26.2 Å². The minimum absolute atomic E-state index is 0.0885. The highest BCUT2D eigenvalue weighted by atomic mass is 19.1. The molecule has 27 heavy (non-hydrogen) atoms. The molecule has 0 aliphatic rings. The van der Waals surface area contributed by atoms with Crippen molar-refractivity contribution in [2.24, 2.45) is 0 Å². The Labute approximate surface area is 170 Å². The maximum absolute atomic E-state index is 12.6. The highest BCUT2D eigenvalue weighted by Crippen LogP contribution is 2.16. The standard InChI is InChI=1S/C16H36N.C8H11BF/c1-5-9-13-17(14-10-6-2,15-11-7-3)16-12-8-4;1-6-3-4-7(10)5-8(6)9-2/h5-16H2,1-4H3;3-5H,9H2,1-2H3/q+1;-1. The van der Waals surface area contributed by atoms with Crippen molar-refractivity contribution in [3.63, 3.8) is 0 Å². The van der Waals surface area contributed by atoms with Gasteiger partial charge in [-0.1, -0.05) is 71.1 Å². The van der Waals surface area contributed by atoms with Gasteiger partial charge >= 0.3 is 0 Å². The number of halogens is 1. The molecule has 1 nitrogen and oxygen atoms in total. The van der Waals surface area contributed by atoms with E-state index in [1.54, 1.807) is 6.07 Å². The summed E-state index contributed by atoms with van der Waals surface area (Å²) in [5.74, 6) is -0.105. The number of hydrogen-bond acceptors (Lipinski definition) is 0. The largest absolute Gasteiger partial charge is 0.324 e. The summed E-state index contributed by atoms with van der Waals surface area (Å²) in [5, 5.41) is 0. The van der Waals surface area contributed by atoms with Crippen molar-refractivity contribution >= 4 is 12.7 Å². The third kappa shape index (κ3) is 11.6. The fourth-order valence-electron chi connectivity index (χ4n) is 3.89. The molecule has 1 rings (SSSR count). The van der Waals surface area contributed by atoms with E-state index in [0.29, 0.717) is 0 Å². The van der Waals surface area contributed by atoms with Gasteiger partial charge in [0.15, 0.2) is 0 Å². The van der Waals surface area contributed by atoms with Crippen LogP contribution in [0.25, 0.3) is 0 Å². The highest BCUT2D eigenvalue weighted by molar-refractivity contribution is 6.52. The molecule has 0 unspecified atom stereocenters. The van der Waals surface area contributed by atoms with E-state index in [2.05, 4.69) is 34.5 Å². The Balaban J connectivity index is 0.000000569. The molecule has 0 fully saturated rings. The van der Waals surface area contributed by atoms with Crippen molar-refractivity contribution in [3.8, 4) is 0 Å². The molecular formula is C24H47BFN. The molecule has 0 aliphatic carbocycles. The summed E-state index contributed by atoms with van der Waals surface area (Å²) < 4.78 is 14.0. The molecule has 0 N–H and O–H groups in total. The Morgan fingerprint density at radius 3 is 1.48 bits per heavy atom. The number of benzene rings is 1. The van der Waals surface area contributed by atoms with E-state index in [1.807, 2.05) is 13.0 Å². The molecule has 0 bridgehead atoms. The van der Waals surface area contributed by atoms with Crippen molar-refractivity contribution in [1.29, 1.82) is 0 Å². The predicted molar refractivity (Wildman–Crippen MR) is 125 cm³/mol. The van der Waals surface area contributed by atoms with Crippen LogP contribution in [-0.2, 0) is 0 Å². The molecule has 1 aromatic rings. The van der Waals surface area contributed by atoms with Crippen molar-refractivity contribution in [2.75, 3.05) is 26.2 Å². The van der Waals surface area contributed by atoms with E-state index in [4.69, 9.17) is 0 Å². The molecule has 0 aromatic heterocycles. The molecule has 0 saturated carbocycles. The van der Waals surface area contributed by atoms with Crippen LogP contribution in [0.2, 0.25) is 6.82 Å². The molecule has 0 amide bonds. The van der Waals surface area contributed by atoms with Crippen LogP contribution in [0, 0.1) is 12.7 Å². The van der Waals surface area contributed by atoms with E-state index in [9.17, 15) is 4.39 Å². The number of quaternary nitrogens is 1. The summed E-state index contributed by atoms with van der Waals surface area (Å²) in [5.41, 5.74) is 2.45. The Morgan fingerprint density at radius 2 is 1.19 bits per heavy atom. The zero-order valence-corrected chi connectivity index (χ0v) is 19.5. The lowest BCUT2D eigenvalue weighted by Crippen LogP contribution is -2.50. The first-order valence-electron chi connectivity index (χ1n) is 12.0. The van der Waals surface area contributed by atoms with Crippen LogP contribution in [0.15, 0.2) is 18.2 Å². The van der Waals surface area contributed by atoms with Gasteiger partial charge in [0.25, 0.3) is 0 Å². The minimum atomic E-state index is -0.105. The van der Waals surface area contributed by atoms with Crippen LogP contribution in [0.3, 0.4) is 0 Å². The van der Waals surface area contributed by atoms with Crippen LogP contribution in [0.5, 0.6) is 0 Å². The van der Waals surface area contributed by atoms with Gasteiger partial charge in [-0.15, -0.1) is 0 Å². The average Bonchev–Trinajstić information content (AvgIpc) is 2.69. The van der Waals surface area contributed by atoms with Gasteiger partial charge in [0.2, 0.25) is 0 Å². The van der Waals surface area contributed by atoms with Crippen LogP contribution in [0.1, 0.15) is 84.6 Å². The number of unbranched alkanes of at least 4 members (excludes halogenated alkanes) is 4. The van der Waals surface area contributed by atoms with E-state index in [1.165, 1.54) is 99.1 Å². The summed E-state index contributed by atoms with van der Waals surface area (Å²) in [7, 11) is -0.0885. The number of aryl methyl sites for hydroxylation is 1. The molecule has 0 radical (unpaired) electrons. The summed E-state index contributed by atoms with van der Waals surface area (Å²) >= 11 is 0. The van der Waals surface area contributed by atoms with Crippen LogP contribution >= 0.6 is 0 Å². The monoisotopic (exact) mass is 379 g/mol. The van der Waals surface area contributed by atoms with E-state index >= 15 is 0 Å². The average molecular weight is 379 g/mol. The van der Waals surface area contributed by atoms with Crippen molar-refractivity contribution in [1.82, 2.24) is 0 Å². The highest BCUT2D eigenvalue weighted by Gasteiger charge is 2.24. The van der Waals surface area contributed by atoms with Gasteiger partial charge in [-0.05, 0) is 46.0 Å². The summed E-state index contributed by atoms with van der Waals surface area (Å²) in [6, 6.07) is 5.01. The maximum atomic E-state index is 12.6. The van der Waals surface area contributed by atoms with Gasteiger partial charge < -0.3 is 4.48 Å². The number of hydrogen-bond donors (Lipinski definition) is 0. The van der Waals surface area contributed by atoms with Crippen LogP contribution in [-0.4, -0.2) is 37.9 Å². The second-order valence-electron chi connectivity index (χ2n) is 8.38. The van der Waals surface area contributed by atoms with Crippen molar-refractivity contribution < 1.29 is 8.87 Å². The van der Waals surface area contributed by atoms with Crippen molar-refractivity contribution in [2.45, 2.75) is 92.8 Å². The normalized spacial score (nSPS) is 11.2. The predicted octanol–water partition coefficient (Wildman–Crippen LogP) is 5.98. The molecule has 0 atom stereocenters. The Bertz CT molecular complexity index is 438. The first kappa shape index (κ1) is 26.2. The summed E-state index contributed by atoms with van der Waals surface area (Å²) in [6.07, 6.45) is 11.1. The fourth-order valence-corrected chi connectivity index (χ4v) is 3.89. The van der Waals surface area contributed by atoms with Gasteiger partial charge in [-0.25, -0.2) is 9.85 Å². The molecule has 1 aromatic carbocycles. The molecule has 158 valence electrons. The molecule has 0 heterocycles. The molecule has 0 aliphatic heterocycles. The van der Waals surface area contributed by atoms with E-state index in [-0.39, 0.29) is 13.1 Å². The Morgan fingerprint density at radius 1 is 0.778 bits per heavy atom. The first-order chi connectivity index (χ1) is 13.0. The smallest absolute Gasteiger partial charge is 0.120 e. The van der Waals surface area contributed by atoms with Crippen molar-refractivity contribution in [3.05, 3.63) is 29.6 Å². The summed E-state index contributed by atoms with van der Waals surface area (Å²) in [4.78, 5) is 0. The lowest BCUT2D eigenvalue weighted by molar-refractivity contribution is -0.929. The van der Waals surface area contributed by atoms with Gasteiger partial charge in [-0.3, -0.25) is 0 Å². The van der Waals surface area contributed by atoms with Crippen LogP contribution < -0.4 is 5.46 Å². The van der Waals surface area contributed by atoms with Gasteiger partial charge in [0, 0.05) is 0 Å². The Kier molecular flexibility index (Phi) is 15.7. The van der Waals surface area contributed by atoms with E-state index < -0.39 is 0 Å². The van der Waals surface area contributed by atoms with Crippen LogP contribution in [0.4, 0.5) is 4.39 Å². The third-order valence-electron chi connectivity index (χ3n) is 5.95. The number of nitrogens with zero attached hydrogens (tertiary/aromatic N) is 1. The summed E-state index contributed by atoms with van der Waals surface area (Å²) in [6.45, 7) is 19.2. The fraction of sp³-hybridized carbons (Fsp3) is 0.750. The topological polar surface area (TPSA) is 0 Å². The molecule has 0 saturated heterocycles. The number of rotatable bonds is 13. The van der Waals surface area contributed by atoms with Gasteiger partial charge in [-0.2, -0.15) is 6.82 Å². The lowest BCUT2D eigenvalue weighted by Gasteiger charge is -2.39. The van der Waals surface area contributed by atoms with E-state index in [0.717, 1.165) is 0 Å². The molecule has 3 heteroatoms. The first-order valence-corrected chi connectivity index (χ1v) is 12.0. The molecular weight excluding hydrogens is 332 g/mol. The zero-order valence-electron chi connectivity index (χ0n) is 19.5. The molecule has 0 spiro atoms. The minimum Gasteiger partial charge on any atom is -0.324 e. The quantitative estimate of drug-likeness (QED) is 0.292. The Hall–Kier alpha value is -0.825. The second-order valence-corrected chi connectivity index (χ2v) is 8.38. The zero-order chi connectivity index (χ0) is 20.5. The lowest BCUT2D eigenvalue weighted by atomic mass is 9.71. The third-order valence-corrected chi connectivity index (χ3v) is 5.95. The second kappa shape index (κ2) is 16.2. The SMILES string of the molecule is CCCC[N+](CCCC)(CCCC)CCCC.C[BH2-]c1cc(F)ccc1C.